The number of morpholine rings is 1. The molecule has 21 heavy (non-hydrogen) atoms. The third-order valence-corrected chi connectivity index (χ3v) is 3.89. The van der Waals surface area contributed by atoms with Gasteiger partial charge in [-0.1, -0.05) is 26.0 Å². The molecule has 0 radical (unpaired) electrons. The number of carbonyl (C=O) groups excluding carboxylic acids is 2. The zero-order valence-corrected chi connectivity index (χ0v) is 12.3. The van der Waals surface area contributed by atoms with E-state index >= 15 is 0 Å². The second kappa shape index (κ2) is 5.58. The number of nitrogens with one attached hydrogen (secondary N) is 1. The molecular formula is C16H20N2O3. The highest BCUT2D eigenvalue weighted by Crippen LogP contribution is 2.31. The number of amides is 2. The van der Waals surface area contributed by atoms with Gasteiger partial charge in [0.25, 0.3) is 11.8 Å². The molecule has 1 N–H and O–H groups in total. The van der Waals surface area contributed by atoms with Crippen molar-refractivity contribution in [3.63, 3.8) is 0 Å². The summed E-state index contributed by atoms with van der Waals surface area (Å²) in [5.41, 5.74) is 1.70. The Kier molecular flexibility index (Phi) is 3.78. The maximum atomic E-state index is 12.3. The molecule has 2 fully saturated rings. The fourth-order valence-corrected chi connectivity index (χ4v) is 2.78. The molecule has 1 aromatic carbocycles. The highest BCUT2D eigenvalue weighted by Gasteiger charge is 2.47. The van der Waals surface area contributed by atoms with Gasteiger partial charge in [-0.3, -0.25) is 9.59 Å². The van der Waals surface area contributed by atoms with Gasteiger partial charge in [0.1, 0.15) is 12.2 Å². The summed E-state index contributed by atoms with van der Waals surface area (Å²) >= 11 is 0. The zero-order chi connectivity index (χ0) is 15.0. The van der Waals surface area contributed by atoms with Gasteiger partial charge in [-0.2, -0.15) is 0 Å². The van der Waals surface area contributed by atoms with E-state index in [1.807, 2.05) is 18.2 Å². The highest BCUT2D eigenvalue weighted by atomic mass is 16.5. The monoisotopic (exact) mass is 288 g/mol. The van der Waals surface area contributed by atoms with E-state index in [-0.39, 0.29) is 11.8 Å². The maximum Gasteiger partial charge on any atom is 0.262 e. The Morgan fingerprint density at radius 3 is 2.52 bits per heavy atom. The van der Waals surface area contributed by atoms with Crippen LogP contribution in [0.5, 0.6) is 0 Å². The molecule has 2 saturated heterocycles. The summed E-state index contributed by atoms with van der Waals surface area (Å²) in [6, 6.07) is 7.96. The zero-order valence-electron chi connectivity index (χ0n) is 12.3. The number of imide groups is 1. The number of benzene rings is 1. The predicted octanol–water partition coefficient (Wildman–Crippen LogP) is 1.61. The second-order valence-electron chi connectivity index (χ2n) is 5.91. The molecule has 0 spiro atoms. The van der Waals surface area contributed by atoms with Crippen LogP contribution in [0.2, 0.25) is 0 Å². The van der Waals surface area contributed by atoms with Crippen LogP contribution in [0.25, 0.3) is 0 Å². The molecule has 2 atom stereocenters. The van der Waals surface area contributed by atoms with E-state index in [0.717, 1.165) is 5.56 Å². The highest BCUT2D eigenvalue weighted by molar-refractivity contribution is 6.19. The van der Waals surface area contributed by atoms with Gasteiger partial charge in [0, 0.05) is 12.6 Å². The topological polar surface area (TPSA) is 58.6 Å². The van der Waals surface area contributed by atoms with Crippen LogP contribution in [0.1, 0.15) is 32.3 Å². The standard InChI is InChI=1S/C16H20N2O3/c1-10(2)17-9-11-4-3-5-12(8-11)18-15(19)13-6-7-14(21-13)16(18)20/h3-5,8,10,13-14,17H,6-7,9H2,1-2H3. The normalized spacial score (nSPS) is 25.0. The molecule has 2 aliphatic heterocycles. The van der Waals surface area contributed by atoms with Crippen LogP contribution >= 0.6 is 0 Å². The molecule has 0 aliphatic carbocycles. The number of fused-ring (bicyclic) bond motifs is 2. The Morgan fingerprint density at radius 2 is 1.90 bits per heavy atom. The van der Waals surface area contributed by atoms with Gasteiger partial charge >= 0.3 is 0 Å². The van der Waals surface area contributed by atoms with Crippen LogP contribution in [0.3, 0.4) is 0 Å². The van der Waals surface area contributed by atoms with E-state index in [1.165, 1.54) is 4.90 Å². The van der Waals surface area contributed by atoms with Gasteiger partial charge in [0.05, 0.1) is 5.69 Å². The van der Waals surface area contributed by atoms with E-state index in [2.05, 4.69) is 19.2 Å². The lowest BCUT2D eigenvalue weighted by molar-refractivity contribution is -0.146. The molecule has 2 unspecified atom stereocenters. The Hall–Kier alpha value is -1.72. The molecule has 0 aromatic heterocycles. The molecule has 2 amide bonds. The lowest BCUT2D eigenvalue weighted by Crippen LogP contribution is -2.52. The van der Waals surface area contributed by atoms with E-state index in [0.29, 0.717) is 31.1 Å². The third-order valence-electron chi connectivity index (χ3n) is 3.89. The number of nitrogens with zero attached hydrogens (tertiary/aromatic N) is 1. The molecule has 112 valence electrons. The van der Waals surface area contributed by atoms with Crippen molar-refractivity contribution in [3.8, 4) is 0 Å². The van der Waals surface area contributed by atoms with Crippen LogP contribution in [-0.2, 0) is 20.9 Å². The largest absolute Gasteiger partial charge is 0.355 e. The van der Waals surface area contributed by atoms with E-state index in [9.17, 15) is 9.59 Å². The summed E-state index contributed by atoms with van der Waals surface area (Å²) in [6.45, 7) is 4.87. The number of hydrogen-bond donors (Lipinski definition) is 1. The van der Waals surface area contributed by atoms with E-state index in [1.54, 1.807) is 6.07 Å². The van der Waals surface area contributed by atoms with E-state index in [4.69, 9.17) is 4.74 Å². The van der Waals surface area contributed by atoms with Gasteiger partial charge in [-0.15, -0.1) is 0 Å². The van der Waals surface area contributed by atoms with E-state index < -0.39 is 12.2 Å². The molecule has 2 aliphatic rings. The molecule has 3 rings (SSSR count). The van der Waals surface area contributed by atoms with Crippen LogP contribution in [0, 0.1) is 0 Å². The van der Waals surface area contributed by atoms with Crippen molar-refractivity contribution in [2.75, 3.05) is 4.90 Å². The van der Waals surface area contributed by atoms with Crippen molar-refractivity contribution < 1.29 is 14.3 Å². The molecule has 2 bridgehead atoms. The average Bonchev–Trinajstić information content (AvgIpc) is 2.91. The predicted molar refractivity (Wildman–Crippen MR) is 78.8 cm³/mol. The minimum atomic E-state index is -0.454. The molecule has 1 aromatic rings. The summed E-state index contributed by atoms with van der Waals surface area (Å²) in [7, 11) is 0. The first-order chi connectivity index (χ1) is 10.1. The van der Waals surface area contributed by atoms with Crippen molar-refractivity contribution in [1.29, 1.82) is 0 Å². The van der Waals surface area contributed by atoms with Crippen molar-refractivity contribution in [3.05, 3.63) is 29.8 Å². The van der Waals surface area contributed by atoms with Gasteiger partial charge in [0.15, 0.2) is 0 Å². The smallest absolute Gasteiger partial charge is 0.262 e. The summed E-state index contributed by atoms with van der Waals surface area (Å²) in [6.07, 6.45) is 0.371. The molecular weight excluding hydrogens is 268 g/mol. The summed E-state index contributed by atoms with van der Waals surface area (Å²) < 4.78 is 5.43. The first-order valence-corrected chi connectivity index (χ1v) is 7.42. The fraction of sp³-hybridized carbons (Fsp3) is 0.500. The molecule has 5 nitrogen and oxygen atoms in total. The van der Waals surface area contributed by atoms with Crippen molar-refractivity contribution in [1.82, 2.24) is 5.32 Å². The molecule has 5 heteroatoms. The second-order valence-corrected chi connectivity index (χ2v) is 5.91. The fourth-order valence-electron chi connectivity index (χ4n) is 2.78. The van der Waals surface area contributed by atoms with Crippen LogP contribution in [0.4, 0.5) is 5.69 Å². The Bertz CT molecular complexity index is 548. The minimum Gasteiger partial charge on any atom is -0.355 e. The summed E-state index contributed by atoms with van der Waals surface area (Å²) in [5.74, 6) is -0.467. The molecule has 2 heterocycles. The number of ether oxygens (including phenoxy) is 1. The number of rotatable bonds is 4. The number of hydrogen-bond acceptors (Lipinski definition) is 4. The lowest BCUT2D eigenvalue weighted by Gasteiger charge is -2.30. The Morgan fingerprint density at radius 1 is 1.24 bits per heavy atom. The quantitative estimate of drug-likeness (QED) is 0.855. The van der Waals surface area contributed by atoms with Gasteiger partial charge in [-0.05, 0) is 30.5 Å². The van der Waals surface area contributed by atoms with Gasteiger partial charge in [-0.25, -0.2) is 4.90 Å². The van der Waals surface area contributed by atoms with Crippen molar-refractivity contribution in [2.45, 2.75) is 51.5 Å². The van der Waals surface area contributed by atoms with Crippen LogP contribution in [-0.4, -0.2) is 30.1 Å². The van der Waals surface area contributed by atoms with Gasteiger partial charge < -0.3 is 10.1 Å². The summed E-state index contributed by atoms with van der Waals surface area (Å²) in [4.78, 5) is 26.0. The number of anilines is 1. The number of carbonyl (C=O) groups is 2. The molecule has 0 saturated carbocycles. The SMILES string of the molecule is CC(C)NCc1cccc(N2C(=O)C3CCC(O3)C2=O)c1. The maximum absolute atomic E-state index is 12.3. The van der Waals surface area contributed by atoms with Crippen molar-refractivity contribution in [2.24, 2.45) is 0 Å². The third kappa shape index (κ3) is 2.71. The lowest BCUT2D eigenvalue weighted by atomic mass is 10.1. The Labute approximate surface area is 124 Å². The van der Waals surface area contributed by atoms with Crippen LogP contribution in [0.15, 0.2) is 24.3 Å². The Balaban J connectivity index is 1.84. The summed E-state index contributed by atoms with van der Waals surface area (Å²) in [5, 5.41) is 3.33. The first-order valence-electron chi connectivity index (χ1n) is 7.42. The van der Waals surface area contributed by atoms with Gasteiger partial charge in [0.2, 0.25) is 0 Å². The van der Waals surface area contributed by atoms with Crippen molar-refractivity contribution >= 4 is 17.5 Å². The first kappa shape index (κ1) is 14.2. The average molecular weight is 288 g/mol. The van der Waals surface area contributed by atoms with Crippen LogP contribution < -0.4 is 10.2 Å². The minimum absolute atomic E-state index is 0.234.